The summed E-state index contributed by atoms with van der Waals surface area (Å²) in [6.07, 6.45) is 10.2. The fourth-order valence-electron chi connectivity index (χ4n) is 1.73. The molecule has 0 bridgehead atoms. The van der Waals surface area contributed by atoms with Crippen LogP contribution in [0.3, 0.4) is 0 Å². The summed E-state index contributed by atoms with van der Waals surface area (Å²) < 4.78 is 5.39. The highest BCUT2D eigenvalue weighted by atomic mass is 16.5. The number of rotatable bonds is 9. The van der Waals surface area contributed by atoms with E-state index in [2.05, 4.69) is 11.9 Å². The lowest BCUT2D eigenvalue weighted by molar-refractivity contribution is 0.261. The first-order valence-corrected chi connectivity index (χ1v) is 6.59. The lowest BCUT2D eigenvalue weighted by atomic mass is 10.1. The van der Waals surface area contributed by atoms with E-state index in [9.17, 15) is 5.11 Å². The van der Waals surface area contributed by atoms with E-state index in [-0.39, 0.29) is 5.88 Å². The third-order valence-corrected chi connectivity index (χ3v) is 2.74. The molecule has 17 heavy (non-hydrogen) atoms. The minimum absolute atomic E-state index is 0.268. The Morgan fingerprint density at radius 1 is 1.12 bits per heavy atom. The van der Waals surface area contributed by atoms with Gasteiger partial charge in [-0.2, -0.15) is 0 Å². The van der Waals surface area contributed by atoms with Crippen LogP contribution in [0.4, 0.5) is 0 Å². The smallest absolute Gasteiger partial charge is 0.311 e. The van der Waals surface area contributed by atoms with E-state index < -0.39 is 0 Å². The van der Waals surface area contributed by atoms with Gasteiger partial charge in [0.15, 0.2) is 5.75 Å². The Morgan fingerprint density at radius 3 is 2.53 bits per heavy atom. The number of hydrogen-bond donors (Lipinski definition) is 0. The Morgan fingerprint density at radius 2 is 1.82 bits per heavy atom. The van der Waals surface area contributed by atoms with Crippen molar-refractivity contribution in [2.45, 2.75) is 51.9 Å². The Balaban J connectivity index is 1.99. The minimum atomic E-state index is -0.268. The molecule has 1 rings (SSSR count). The Kier molecular flexibility index (Phi) is 7.19. The maximum absolute atomic E-state index is 11.2. The van der Waals surface area contributed by atoms with E-state index in [1.54, 1.807) is 12.1 Å². The number of unbranched alkanes of at least 4 members (excludes halogenated alkanes) is 6. The van der Waals surface area contributed by atoms with Crippen molar-refractivity contribution in [2.75, 3.05) is 6.61 Å². The summed E-state index contributed by atoms with van der Waals surface area (Å²) in [5, 5.41) is 11.2. The van der Waals surface area contributed by atoms with Crippen LogP contribution in [0.15, 0.2) is 18.3 Å². The third kappa shape index (κ3) is 6.15. The van der Waals surface area contributed by atoms with Crippen molar-refractivity contribution in [1.82, 2.24) is 4.98 Å². The Hall–Kier alpha value is -1.25. The quantitative estimate of drug-likeness (QED) is 0.598. The molecule has 0 amide bonds. The van der Waals surface area contributed by atoms with E-state index in [1.165, 1.54) is 44.7 Å². The Labute approximate surface area is 104 Å². The van der Waals surface area contributed by atoms with Crippen molar-refractivity contribution < 1.29 is 9.84 Å². The highest BCUT2D eigenvalue weighted by Crippen LogP contribution is 2.22. The van der Waals surface area contributed by atoms with Gasteiger partial charge in [-0.1, -0.05) is 45.4 Å². The van der Waals surface area contributed by atoms with Gasteiger partial charge in [0.2, 0.25) is 0 Å². The lowest BCUT2D eigenvalue weighted by Crippen LogP contribution is -1.97. The number of ether oxygens (including phenoxy) is 1. The molecule has 0 spiro atoms. The molecule has 0 aliphatic heterocycles. The zero-order chi connectivity index (χ0) is 12.3. The summed E-state index contributed by atoms with van der Waals surface area (Å²) in [7, 11) is 0. The molecule has 0 unspecified atom stereocenters. The third-order valence-electron chi connectivity index (χ3n) is 2.74. The summed E-state index contributed by atoms with van der Waals surface area (Å²) in [5.74, 6) is 0.105. The summed E-state index contributed by atoms with van der Waals surface area (Å²) in [6.45, 7) is 2.84. The molecule has 0 aliphatic carbocycles. The Bertz CT molecular complexity index is 302. The van der Waals surface area contributed by atoms with Crippen LogP contribution in [-0.4, -0.2) is 11.6 Å². The molecule has 1 heterocycles. The van der Waals surface area contributed by atoms with Gasteiger partial charge in [-0.05, 0) is 18.6 Å². The molecular weight excluding hydrogens is 214 g/mol. The van der Waals surface area contributed by atoms with Gasteiger partial charge in [0.25, 0.3) is 0 Å². The molecule has 1 radical (unpaired) electrons. The van der Waals surface area contributed by atoms with Crippen molar-refractivity contribution in [3.8, 4) is 11.6 Å². The fourth-order valence-corrected chi connectivity index (χ4v) is 1.73. The predicted molar refractivity (Wildman–Crippen MR) is 67.9 cm³/mol. The number of hydrogen-bond acceptors (Lipinski definition) is 2. The van der Waals surface area contributed by atoms with Crippen molar-refractivity contribution in [3.05, 3.63) is 18.3 Å². The highest BCUT2D eigenvalue weighted by Gasteiger charge is 2.03. The summed E-state index contributed by atoms with van der Waals surface area (Å²) >= 11 is 0. The molecule has 0 aliphatic rings. The molecule has 0 aromatic carbocycles. The maximum atomic E-state index is 11.2. The lowest BCUT2D eigenvalue weighted by Gasteiger charge is -2.05. The molecular formula is C14H22NO2. The number of aromatic nitrogens is 1. The van der Waals surface area contributed by atoms with Gasteiger partial charge >= 0.3 is 5.88 Å². The second-order valence-corrected chi connectivity index (χ2v) is 4.28. The first kappa shape index (κ1) is 13.8. The van der Waals surface area contributed by atoms with Crippen LogP contribution in [0.2, 0.25) is 0 Å². The van der Waals surface area contributed by atoms with Crippen molar-refractivity contribution >= 4 is 0 Å². The van der Waals surface area contributed by atoms with E-state index in [0.29, 0.717) is 12.4 Å². The second-order valence-electron chi connectivity index (χ2n) is 4.28. The van der Waals surface area contributed by atoms with Crippen LogP contribution >= 0.6 is 0 Å². The van der Waals surface area contributed by atoms with Gasteiger partial charge in [-0.3, -0.25) is 5.11 Å². The van der Waals surface area contributed by atoms with Crippen LogP contribution in [0.5, 0.6) is 11.6 Å². The first-order chi connectivity index (χ1) is 8.34. The molecule has 95 valence electrons. The standard InChI is InChI=1S/C14H22NO2/c1-2-3-4-5-6-7-8-12-17-13-10-9-11-15-14(13)16/h9-11H,2-8,12H2,1H3. The number of nitrogens with zero attached hydrogens (tertiary/aromatic N) is 1. The summed E-state index contributed by atoms with van der Waals surface area (Å²) in [5.41, 5.74) is 0. The van der Waals surface area contributed by atoms with Crippen molar-refractivity contribution in [1.29, 1.82) is 0 Å². The van der Waals surface area contributed by atoms with Crippen LogP contribution in [0, 0.1) is 0 Å². The topological polar surface area (TPSA) is 42.0 Å². The van der Waals surface area contributed by atoms with Crippen LogP contribution < -0.4 is 4.74 Å². The molecule has 3 heteroatoms. The molecule has 0 atom stereocenters. The largest absolute Gasteiger partial charge is 0.488 e. The zero-order valence-electron chi connectivity index (χ0n) is 10.7. The molecule has 0 saturated heterocycles. The van der Waals surface area contributed by atoms with Gasteiger partial charge in [0.05, 0.1) is 6.61 Å². The average molecular weight is 236 g/mol. The maximum Gasteiger partial charge on any atom is 0.311 e. The van der Waals surface area contributed by atoms with E-state index >= 15 is 0 Å². The van der Waals surface area contributed by atoms with Crippen LogP contribution in [0.25, 0.3) is 0 Å². The van der Waals surface area contributed by atoms with E-state index in [1.807, 2.05) is 0 Å². The summed E-state index contributed by atoms with van der Waals surface area (Å²) in [6, 6.07) is 3.40. The monoisotopic (exact) mass is 236 g/mol. The number of pyridine rings is 1. The van der Waals surface area contributed by atoms with E-state index in [4.69, 9.17) is 4.74 Å². The normalized spacial score (nSPS) is 10.4. The first-order valence-electron chi connectivity index (χ1n) is 6.59. The highest BCUT2D eigenvalue weighted by molar-refractivity contribution is 5.30. The minimum Gasteiger partial charge on any atom is -0.488 e. The van der Waals surface area contributed by atoms with Gasteiger partial charge in [0, 0.05) is 6.20 Å². The average Bonchev–Trinajstić information content (AvgIpc) is 2.35. The van der Waals surface area contributed by atoms with Gasteiger partial charge in [0.1, 0.15) is 0 Å². The molecule has 3 nitrogen and oxygen atoms in total. The molecule has 0 N–H and O–H groups in total. The summed E-state index contributed by atoms with van der Waals surface area (Å²) in [4.78, 5) is 3.65. The van der Waals surface area contributed by atoms with Gasteiger partial charge in [-0.15, -0.1) is 0 Å². The molecule has 0 fully saturated rings. The van der Waals surface area contributed by atoms with Crippen molar-refractivity contribution in [3.63, 3.8) is 0 Å². The zero-order valence-corrected chi connectivity index (χ0v) is 10.7. The molecule has 1 aromatic rings. The molecule has 0 saturated carbocycles. The fraction of sp³-hybridized carbons (Fsp3) is 0.643. The SMILES string of the molecule is CCCCCCCCCOc1cccnc1[O]. The predicted octanol–water partition coefficient (Wildman–Crippen LogP) is 4.35. The van der Waals surface area contributed by atoms with Gasteiger partial charge < -0.3 is 4.74 Å². The van der Waals surface area contributed by atoms with Crippen LogP contribution in [-0.2, 0) is 5.11 Å². The van der Waals surface area contributed by atoms with Crippen molar-refractivity contribution in [2.24, 2.45) is 0 Å². The van der Waals surface area contributed by atoms with E-state index in [0.717, 1.165) is 6.42 Å². The van der Waals surface area contributed by atoms with Crippen LogP contribution in [0.1, 0.15) is 51.9 Å². The second kappa shape index (κ2) is 8.85. The molecule has 1 aromatic heterocycles. The van der Waals surface area contributed by atoms with Gasteiger partial charge in [-0.25, -0.2) is 4.98 Å².